The van der Waals surface area contributed by atoms with E-state index in [2.05, 4.69) is 40.7 Å². The van der Waals surface area contributed by atoms with Gasteiger partial charge in [-0.3, -0.25) is 0 Å². The smallest absolute Gasteiger partial charge is 0.365 e. The number of allylic oxidation sites excluding steroid dienone is 2. The van der Waals surface area contributed by atoms with Crippen molar-refractivity contribution in [2.24, 2.45) is 11.8 Å². The van der Waals surface area contributed by atoms with Crippen molar-refractivity contribution >= 4 is 21.9 Å². The van der Waals surface area contributed by atoms with Gasteiger partial charge in [-0.15, -0.1) is 0 Å². The van der Waals surface area contributed by atoms with Crippen molar-refractivity contribution in [2.75, 3.05) is 0 Å². The van der Waals surface area contributed by atoms with Crippen LogP contribution in [-0.2, 0) is 4.79 Å². The van der Waals surface area contributed by atoms with Crippen LogP contribution in [0.4, 0.5) is 0 Å². The molecule has 0 aliphatic heterocycles. The van der Waals surface area contributed by atoms with E-state index in [1.54, 1.807) is 18.2 Å². The molecule has 1 aromatic carbocycles. The van der Waals surface area contributed by atoms with Crippen molar-refractivity contribution in [2.45, 2.75) is 49.3 Å². The highest BCUT2D eigenvalue weighted by Crippen LogP contribution is 2.38. The molecule has 0 amide bonds. The minimum absolute atomic E-state index is 0.0764. The van der Waals surface area contributed by atoms with E-state index in [1.807, 2.05) is 0 Å². The standard InChI is InChI=1S/C22H27BrO6/c1-2-3-9-16-10-7-11-17(16)12-8-15-19(24)22(27,28)21(23,20(25)26)29-18-13-5-4-6-14-18/h3-6,8-9,13-14,16-17,24,27-28H,2,7,10-12H2,1H3,(H,25,26)/b9-3+/t15?,16-,17+,21?/m0/s1/i24+0,27+0,28+0. The molecule has 2 rings (SSSR count). The van der Waals surface area contributed by atoms with Gasteiger partial charge in [0.15, 0.2) is 0 Å². The summed E-state index contributed by atoms with van der Waals surface area (Å²) < 4.78 is 2.53. The van der Waals surface area contributed by atoms with Crippen LogP contribution < -0.4 is 4.74 Å². The van der Waals surface area contributed by atoms with E-state index < -0.39 is 22.0 Å². The third-order valence-corrected chi connectivity index (χ3v) is 6.11. The molecule has 0 aromatic heterocycles. The van der Waals surface area contributed by atoms with Gasteiger partial charge in [-0.2, -0.15) is 0 Å². The Balaban J connectivity index is 2.20. The highest BCUT2D eigenvalue weighted by Gasteiger charge is 2.60. The van der Waals surface area contributed by atoms with Crippen LogP contribution >= 0.6 is 15.9 Å². The Morgan fingerprint density at radius 2 is 1.97 bits per heavy atom. The fourth-order valence-corrected chi connectivity index (χ4v) is 3.77. The SMILES string of the molecule is CC/C=C/[C@H]1CCC[C@@H]1CC=C=C([16OH])C([16OH])([16OH])C(Br)(Oc1ccccc1)C(=O)O. The largest absolute Gasteiger partial charge is 0.500 e. The maximum Gasteiger partial charge on any atom is 0.365 e. The maximum absolute atomic E-state index is 11.7. The zero-order chi connectivity index (χ0) is 21.5. The lowest BCUT2D eigenvalue weighted by atomic mass is 9.92. The van der Waals surface area contributed by atoms with E-state index in [9.17, 15) is 25.2 Å². The number of ether oxygens (including phenoxy) is 1. The van der Waals surface area contributed by atoms with Crippen molar-refractivity contribution < 1.29 is 30.0 Å². The minimum atomic E-state index is -3.26. The fourth-order valence-electron chi connectivity index (χ4n) is 3.40. The van der Waals surface area contributed by atoms with Crippen molar-refractivity contribution in [3.63, 3.8) is 0 Å². The number of benzene rings is 1. The summed E-state index contributed by atoms with van der Waals surface area (Å²) in [5.74, 6) is -5.14. The van der Waals surface area contributed by atoms with Gasteiger partial charge in [0.25, 0.3) is 5.79 Å². The molecule has 1 aliphatic rings. The molecule has 1 fully saturated rings. The van der Waals surface area contributed by atoms with Gasteiger partial charge in [0.1, 0.15) is 5.75 Å². The molecule has 1 unspecified atom stereocenters. The summed E-state index contributed by atoms with van der Waals surface area (Å²) in [6, 6.07) is 7.80. The molecular weight excluding hydrogens is 440 g/mol. The molecule has 1 saturated carbocycles. The number of aliphatic hydroxyl groups is 3. The van der Waals surface area contributed by atoms with Crippen molar-refractivity contribution in [1.82, 2.24) is 0 Å². The molecule has 3 atom stereocenters. The van der Waals surface area contributed by atoms with Crippen LogP contribution in [0.1, 0.15) is 39.0 Å². The minimum Gasteiger partial charge on any atom is -0.500 e. The summed E-state index contributed by atoms with van der Waals surface area (Å²) in [5.41, 5.74) is 2.42. The molecule has 7 heteroatoms. The number of rotatable bonds is 9. The van der Waals surface area contributed by atoms with Gasteiger partial charge in [0.2, 0.25) is 5.76 Å². The third kappa shape index (κ3) is 5.52. The Kier molecular flexibility index (Phi) is 8.11. The Morgan fingerprint density at radius 1 is 1.28 bits per heavy atom. The summed E-state index contributed by atoms with van der Waals surface area (Å²) in [6.07, 6.45) is 10.7. The summed E-state index contributed by atoms with van der Waals surface area (Å²) in [7, 11) is 0. The first kappa shape index (κ1) is 23.2. The van der Waals surface area contributed by atoms with Crippen molar-refractivity contribution in [3.05, 3.63) is 60.1 Å². The molecule has 158 valence electrons. The van der Waals surface area contributed by atoms with Gasteiger partial charge in [-0.25, -0.2) is 4.79 Å². The first-order valence-corrected chi connectivity index (χ1v) is 10.4. The summed E-state index contributed by atoms with van der Waals surface area (Å²) >= 11 is 2.74. The summed E-state index contributed by atoms with van der Waals surface area (Å²) in [6.45, 7) is 2.08. The predicted molar refractivity (Wildman–Crippen MR) is 113 cm³/mol. The second-order valence-corrected chi connectivity index (χ2v) is 8.23. The zero-order valence-electron chi connectivity index (χ0n) is 16.3. The molecular formula is C22H27BrO6. The van der Waals surface area contributed by atoms with Gasteiger partial charge in [-0.05, 0) is 71.7 Å². The fraction of sp³-hybridized carbons (Fsp3) is 0.455. The van der Waals surface area contributed by atoms with E-state index in [-0.39, 0.29) is 5.75 Å². The second-order valence-electron chi connectivity index (χ2n) is 7.11. The Morgan fingerprint density at radius 3 is 2.59 bits per heavy atom. The molecule has 1 aliphatic carbocycles. The predicted octanol–water partition coefficient (Wildman–Crippen LogP) is 4.29. The van der Waals surface area contributed by atoms with Crippen molar-refractivity contribution in [3.8, 4) is 5.75 Å². The average molecular weight is 467 g/mol. The molecule has 1 aromatic rings. The Labute approximate surface area is 179 Å². The normalized spacial score (nSPS) is 21.4. The van der Waals surface area contributed by atoms with Gasteiger partial charge in [-0.1, -0.05) is 49.4 Å². The maximum atomic E-state index is 11.7. The van der Waals surface area contributed by atoms with Crippen LogP contribution in [0.5, 0.6) is 5.75 Å². The van der Waals surface area contributed by atoms with Crippen LogP contribution in [0.3, 0.4) is 0 Å². The van der Waals surface area contributed by atoms with Crippen LogP contribution in [0.15, 0.2) is 60.1 Å². The molecule has 0 bridgehead atoms. The molecule has 0 radical (unpaired) electrons. The molecule has 6 nitrogen and oxygen atoms in total. The second kappa shape index (κ2) is 10.1. The average Bonchev–Trinajstić information content (AvgIpc) is 3.13. The van der Waals surface area contributed by atoms with Gasteiger partial charge < -0.3 is 25.2 Å². The Hall–Kier alpha value is -2.05. The third-order valence-electron chi connectivity index (χ3n) is 5.05. The molecule has 0 heterocycles. The number of hydrogen-bond acceptors (Lipinski definition) is 5. The number of carboxylic acid groups (broad SMARTS) is 1. The van der Waals surface area contributed by atoms with Crippen LogP contribution in [0, 0.1) is 11.8 Å². The van der Waals surface area contributed by atoms with E-state index in [0.717, 1.165) is 25.7 Å². The van der Waals surface area contributed by atoms with Gasteiger partial charge >= 0.3 is 10.5 Å². The zero-order valence-corrected chi connectivity index (χ0v) is 17.9. The van der Waals surface area contributed by atoms with Crippen LogP contribution in [0.2, 0.25) is 0 Å². The highest BCUT2D eigenvalue weighted by molar-refractivity contribution is 9.10. The van der Waals surface area contributed by atoms with E-state index in [0.29, 0.717) is 18.3 Å². The lowest BCUT2D eigenvalue weighted by Gasteiger charge is -2.34. The van der Waals surface area contributed by atoms with Crippen molar-refractivity contribution in [1.29, 1.82) is 0 Å². The van der Waals surface area contributed by atoms with E-state index >= 15 is 0 Å². The van der Waals surface area contributed by atoms with Gasteiger partial charge in [0, 0.05) is 0 Å². The lowest BCUT2D eigenvalue weighted by Crippen LogP contribution is -2.60. The number of hydrogen-bond donors (Lipinski definition) is 4. The number of carboxylic acids is 1. The molecule has 29 heavy (non-hydrogen) atoms. The summed E-state index contributed by atoms with van der Waals surface area (Å²) in [5, 5.41) is 40.6. The van der Waals surface area contributed by atoms with Gasteiger partial charge in [0.05, 0.1) is 0 Å². The molecule has 0 saturated heterocycles. The number of carbonyl (C=O) groups is 1. The molecule has 4 N–H and O–H groups in total. The topological polar surface area (TPSA) is 107 Å². The highest BCUT2D eigenvalue weighted by atomic mass is 79.9. The summed E-state index contributed by atoms with van der Waals surface area (Å²) in [4.78, 5) is 11.7. The quantitative estimate of drug-likeness (QED) is 0.142. The molecule has 0 spiro atoms. The first-order chi connectivity index (χ1) is 13.7. The van der Waals surface area contributed by atoms with Crippen LogP contribution in [0.25, 0.3) is 0 Å². The number of aliphatic carboxylic acids is 1. The number of halogens is 1. The monoisotopic (exact) mass is 466 g/mol. The number of aliphatic hydroxyl groups excluding tert-OH is 1. The number of alkyl halides is 1. The Bertz CT molecular complexity index is 782. The van der Waals surface area contributed by atoms with E-state index in [4.69, 9.17) is 4.74 Å². The lowest BCUT2D eigenvalue weighted by molar-refractivity contribution is -0.225. The van der Waals surface area contributed by atoms with E-state index in [1.165, 1.54) is 18.2 Å². The first-order valence-electron chi connectivity index (χ1n) is 9.64. The number of para-hydroxylation sites is 1. The van der Waals surface area contributed by atoms with Crippen LogP contribution in [-0.4, -0.2) is 36.7 Å².